The van der Waals surface area contributed by atoms with Crippen molar-refractivity contribution in [1.29, 1.82) is 0 Å². The van der Waals surface area contributed by atoms with Gasteiger partial charge >= 0.3 is 5.97 Å². The number of amides is 1. The van der Waals surface area contributed by atoms with Crippen LogP contribution >= 0.6 is 0 Å². The highest BCUT2D eigenvalue weighted by molar-refractivity contribution is 5.85. The van der Waals surface area contributed by atoms with Gasteiger partial charge in [-0.05, 0) is 38.0 Å². The molecule has 3 atom stereocenters. The highest BCUT2D eigenvalue weighted by Gasteiger charge is 2.43. The Bertz CT molecular complexity index is 373. The van der Waals surface area contributed by atoms with Gasteiger partial charge in [-0.15, -0.1) is 0 Å². The molecule has 0 aromatic carbocycles. The number of carboxylic acid groups (broad SMARTS) is 1. The van der Waals surface area contributed by atoms with Crippen molar-refractivity contribution in [3.63, 3.8) is 0 Å². The first kappa shape index (κ1) is 15.3. The molecule has 5 heteroatoms. The van der Waals surface area contributed by atoms with Crippen LogP contribution in [0.5, 0.6) is 0 Å². The lowest BCUT2D eigenvalue weighted by Gasteiger charge is -2.40. The average molecular weight is 283 g/mol. The van der Waals surface area contributed by atoms with Crippen LogP contribution in [-0.2, 0) is 14.3 Å². The van der Waals surface area contributed by atoms with E-state index >= 15 is 0 Å². The molecule has 2 saturated carbocycles. The van der Waals surface area contributed by atoms with Crippen molar-refractivity contribution in [1.82, 2.24) is 5.32 Å². The molecule has 0 spiro atoms. The molecular weight excluding hydrogens is 258 g/mol. The molecule has 20 heavy (non-hydrogen) atoms. The van der Waals surface area contributed by atoms with Crippen LogP contribution in [0.15, 0.2) is 0 Å². The molecule has 0 aromatic rings. The molecule has 0 heterocycles. The van der Waals surface area contributed by atoms with Crippen LogP contribution in [0.4, 0.5) is 0 Å². The first-order valence-corrected chi connectivity index (χ1v) is 7.57. The molecule has 0 bridgehead atoms. The molecule has 0 radical (unpaired) electrons. The van der Waals surface area contributed by atoms with Gasteiger partial charge in [-0.25, -0.2) is 0 Å². The zero-order valence-electron chi connectivity index (χ0n) is 12.4. The summed E-state index contributed by atoms with van der Waals surface area (Å²) in [5.41, 5.74) is -0.211. The molecule has 2 N–H and O–H groups in total. The van der Waals surface area contributed by atoms with E-state index in [-0.39, 0.29) is 17.4 Å². The Hall–Kier alpha value is -1.10. The van der Waals surface area contributed by atoms with E-state index in [9.17, 15) is 14.7 Å². The number of carboxylic acids is 1. The van der Waals surface area contributed by atoms with Gasteiger partial charge in [0.05, 0.1) is 17.4 Å². The van der Waals surface area contributed by atoms with E-state index in [1.165, 1.54) is 0 Å². The Balaban J connectivity index is 1.91. The fraction of sp³-hybridized carbons (Fsp3) is 0.867. The van der Waals surface area contributed by atoms with Crippen LogP contribution in [0.1, 0.15) is 45.4 Å². The Labute approximate surface area is 120 Å². The molecule has 2 fully saturated rings. The van der Waals surface area contributed by atoms with Crippen molar-refractivity contribution >= 4 is 11.9 Å². The number of carbonyl (C=O) groups is 2. The van der Waals surface area contributed by atoms with E-state index in [1.54, 1.807) is 7.11 Å². The summed E-state index contributed by atoms with van der Waals surface area (Å²) in [7, 11) is 1.67. The second-order valence-corrected chi connectivity index (χ2v) is 6.26. The van der Waals surface area contributed by atoms with Crippen molar-refractivity contribution in [2.45, 2.75) is 51.0 Å². The molecule has 0 saturated heterocycles. The number of carbonyl (C=O) groups excluding carboxylic acids is 1. The van der Waals surface area contributed by atoms with Crippen LogP contribution in [0.25, 0.3) is 0 Å². The van der Waals surface area contributed by atoms with E-state index in [0.29, 0.717) is 25.3 Å². The molecule has 5 nitrogen and oxygen atoms in total. The summed E-state index contributed by atoms with van der Waals surface area (Å²) >= 11 is 0. The number of aliphatic carboxylic acids is 1. The lowest BCUT2D eigenvalue weighted by molar-refractivity contribution is -0.146. The van der Waals surface area contributed by atoms with E-state index in [0.717, 1.165) is 25.7 Å². The van der Waals surface area contributed by atoms with Crippen LogP contribution < -0.4 is 5.32 Å². The molecule has 2 aliphatic carbocycles. The molecule has 2 aliphatic rings. The van der Waals surface area contributed by atoms with Gasteiger partial charge in [0.15, 0.2) is 0 Å². The molecule has 2 rings (SSSR count). The minimum atomic E-state index is -0.841. The van der Waals surface area contributed by atoms with Crippen LogP contribution in [-0.4, -0.2) is 36.2 Å². The number of hydrogen-bond donors (Lipinski definition) is 2. The maximum atomic E-state index is 12.3. The zero-order valence-corrected chi connectivity index (χ0v) is 12.4. The van der Waals surface area contributed by atoms with Gasteiger partial charge < -0.3 is 15.2 Å². The fourth-order valence-corrected chi connectivity index (χ4v) is 3.44. The lowest BCUT2D eigenvalue weighted by Crippen LogP contribution is -2.50. The first-order chi connectivity index (χ1) is 9.51. The van der Waals surface area contributed by atoms with Gasteiger partial charge in [0.1, 0.15) is 0 Å². The van der Waals surface area contributed by atoms with Crippen LogP contribution in [0.2, 0.25) is 0 Å². The number of methoxy groups -OCH3 is 1. The van der Waals surface area contributed by atoms with Gasteiger partial charge in [-0.3, -0.25) is 9.59 Å². The third-order valence-electron chi connectivity index (χ3n) is 5.17. The summed E-state index contributed by atoms with van der Waals surface area (Å²) in [6.07, 6.45) is 5.32. The monoisotopic (exact) mass is 283 g/mol. The quantitative estimate of drug-likeness (QED) is 0.779. The number of rotatable bonds is 6. The topological polar surface area (TPSA) is 75.6 Å². The van der Waals surface area contributed by atoms with Gasteiger partial charge in [0, 0.05) is 13.7 Å². The summed E-state index contributed by atoms with van der Waals surface area (Å²) in [6.45, 7) is 2.56. The van der Waals surface area contributed by atoms with Crippen molar-refractivity contribution in [2.75, 3.05) is 13.7 Å². The van der Waals surface area contributed by atoms with Crippen LogP contribution in [0, 0.1) is 17.8 Å². The van der Waals surface area contributed by atoms with E-state index in [2.05, 4.69) is 12.2 Å². The number of ether oxygens (including phenoxy) is 1. The van der Waals surface area contributed by atoms with Crippen molar-refractivity contribution in [2.24, 2.45) is 17.8 Å². The van der Waals surface area contributed by atoms with Crippen LogP contribution in [0.3, 0.4) is 0 Å². The molecular formula is C15H25NO4. The summed E-state index contributed by atoms with van der Waals surface area (Å²) < 4.78 is 5.47. The Morgan fingerprint density at radius 1 is 1.30 bits per heavy atom. The molecule has 0 aliphatic heterocycles. The SMILES string of the molecule is CCC1CC(C(=O)O)C(C(=O)NCC2(OC)CCC2)C1. The van der Waals surface area contributed by atoms with Gasteiger partial charge in [0.2, 0.25) is 5.91 Å². The predicted molar refractivity (Wildman–Crippen MR) is 74.2 cm³/mol. The normalized spacial score (nSPS) is 31.6. The van der Waals surface area contributed by atoms with Gasteiger partial charge in [-0.1, -0.05) is 13.3 Å². The smallest absolute Gasteiger partial charge is 0.307 e. The second kappa shape index (κ2) is 6.12. The minimum absolute atomic E-state index is 0.114. The van der Waals surface area contributed by atoms with Crippen molar-refractivity contribution in [3.05, 3.63) is 0 Å². The van der Waals surface area contributed by atoms with Gasteiger partial charge in [-0.2, -0.15) is 0 Å². The molecule has 0 aromatic heterocycles. The average Bonchev–Trinajstić information content (AvgIpc) is 2.82. The lowest BCUT2D eigenvalue weighted by atomic mass is 9.80. The number of nitrogens with one attached hydrogen (secondary N) is 1. The highest BCUT2D eigenvalue weighted by atomic mass is 16.5. The Morgan fingerprint density at radius 2 is 1.95 bits per heavy atom. The zero-order chi connectivity index (χ0) is 14.8. The molecule has 3 unspecified atom stereocenters. The third-order valence-corrected chi connectivity index (χ3v) is 5.17. The third kappa shape index (κ3) is 2.97. The molecule has 114 valence electrons. The number of hydrogen-bond acceptors (Lipinski definition) is 3. The Kier molecular flexibility index (Phi) is 4.68. The summed E-state index contributed by atoms with van der Waals surface area (Å²) in [5, 5.41) is 12.2. The summed E-state index contributed by atoms with van der Waals surface area (Å²) in [5.74, 6) is -1.51. The predicted octanol–water partition coefficient (Wildman–Crippen LogP) is 1.81. The van der Waals surface area contributed by atoms with Crippen molar-refractivity contribution < 1.29 is 19.4 Å². The standard InChI is InChI=1S/C15H25NO4/c1-3-10-7-11(12(8-10)14(18)19)13(17)16-9-15(20-2)5-4-6-15/h10-12H,3-9H2,1-2H3,(H,16,17)(H,18,19). The Morgan fingerprint density at radius 3 is 2.40 bits per heavy atom. The summed E-state index contributed by atoms with van der Waals surface area (Å²) in [4.78, 5) is 23.6. The maximum absolute atomic E-state index is 12.3. The van der Waals surface area contributed by atoms with E-state index < -0.39 is 11.9 Å². The summed E-state index contributed by atoms with van der Waals surface area (Å²) in [6, 6.07) is 0. The highest BCUT2D eigenvalue weighted by Crippen LogP contribution is 2.39. The van der Waals surface area contributed by atoms with E-state index in [4.69, 9.17) is 4.74 Å². The van der Waals surface area contributed by atoms with Crippen molar-refractivity contribution in [3.8, 4) is 0 Å². The largest absolute Gasteiger partial charge is 0.481 e. The maximum Gasteiger partial charge on any atom is 0.307 e. The first-order valence-electron chi connectivity index (χ1n) is 7.57. The minimum Gasteiger partial charge on any atom is -0.481 e. The fourth-order valence-electron chi connectivity index (χ4n) is 3.44. The second-order valence-electron chi connectivity index (χ2n) is 6.26. The van der Waals surface area contributed by atoms with Gasteiger partial charge in [0.25, 0.3) is 0 Å². The molecule has 1 amide bonds. The van der Waals surface area contributed by atoms with E-state index in [1.807, 2.05) is 0 Å².